The Morgan fingerprint density at radius 3 is 2.56 bits per heavy atom. The van der Waals surface area contributed by atoms with Crippen molar-refractivity contribution < 1.29 is 14.3 Å². The average molecular weight is 219 g/mol. The number of hydrogen-bond acceptors (Lipinski definition) is 3. The number of carbonyl (C=O) groups excluding carboxylic acids is 1. The number of hydrogen-bond donors (Lipinski definition) is 1. The van der Waals surface area contributed by atoms with Gasteiger partial charge in [-0.3, -0.25) is 4.79 Å². The molecule has 0 aromatic heterocycles. The smallest absolute Gasteiger partial charge is 0.294 e. The molecule has 0 bridgehead atoms. The van der Waals surface area contributed by atoms with Crippen molar-refractivity contribution in [3.63, 3.8) is 0 Å². The molecule has 0 atom stereocenters. The van der Waals surface area contributed by atoms with E-state index in [4.69, 9.17) is 9.47 Å². The van der Waals surface area contributed by atoms with E-state index in [-0.39, 0.29) is 11.7 Å². The van der Waals surface area contributed by atoms with Crippen LogP contribution in [0.5, 0.6) is 0 Å². The third kappa shape index (κ3) is 2.34. The second-order valence-electron chi connectivity index (χ2n) is 3.40. The summed E-state index contributed by atoms with van der Waals surface area (Å²) in [5, 5.41) is 2.74. The predicted octanol–water partition coefficient (Wildman–Crippen LogP) is 1.90. The number of benzene rings is 1. The molecule has 1 heterocycles. The van der Waals surface area contributed by atoms with E-state index in [0.717, 1.165) is 5.69 Å². The molecule has 0 saturated carbocycles. The van der Waals surface area contributed by atoms with Gasteiger partial charge in [0.15, 0.2) is 0 Å². The molecule has 1 aromatic carbocycles. The van der Waals surface area contributed by atoms with Gasteiger partial charge in [0, 0.05) is 5.69 Å². The second-order valence-corrected chi connectivity index (χ2v) is 3.40. The number of rotatable bonds is 2. The summed E-state index contributed by atoms with van der Waals surface area (Å²) in [7, 11) is 0. The lowest BCUT2D eigenvalue weighted by Gasteiger charge is -2.19. The van der Waals surface area contributed by atoms with Crippen LogP contribution in [-0.4, -0.2) is 19.1 Å². The molecule has 0 aliphatic carbocycles. The fourth-order valence-corrected chi connectivity index (χ4v) is 1.44. The summed E-state index contributed by atoms with van der Waals surface area (Å²) in [6.07, 6.45) is 0. The molecule has 16 heavy (non-hydrogen) atoms. The Morgan fingerprint density at radius 1 is 1.19 bits per heavy atom. The monoisotopic (exact) mass is 219 g/mol. The number of nitrogens with one attached hydrogen (secondary N) is 1. The third-order valence-electron chi connectivity index (χ3n) is 2.21. The fourth-order valence-electron chi connectivity index (χ4n) is 1.44. The maximum absolute atomic E-state index is 11.8. The fraction of sp³-hybridized carbons (Fsp3) is 0.250. The molecule has 84 valence electrons. The van der Waals surface area contributed by atoms with E-state index in [9.17, 15) is 4.79 Å². The highest BCUT2D eigenvalue weighted by atomic mass is 16.6. The van der Waals surface area contributed by atoms with Crippen molar-refractivity contribution >= 4 is 11.6 Å². The Kier molecular flexibility index (Phi) is 3.10. The summed E-state index contributed by atoms with van der Waals surface area (Å²) >= 11 is 0. The molecule has 1 N–H and O–H groups in total. The number of carbonyl (C=O) groups is 1. The number of ether oxygens (including phenoxy) is 2. The van der Waals surface area contributed by atoms with Crippen molar-refractivity contribution in [1.29, 1.82) is 0 Å². The van der Waals surface area contributed by atoms with E-state index in [0.29, 0.717) is 19.0 Å². The Labute approximate surface area is 93.9 Å². The normalized spacial score (nSPS) is 15.1. The van der Waals surface area contributed by atoms with Gasteiger partial charge in [-0.05, 0) is 19.1 Å². The Balaban J connectivity index is 2.09. The first kappa shape index (κ1) is 10.5. The van der Waals surface area contributed by atoms with Crippen LogP contribution in [0.3, 0.4) is 0 Å². The number of para-hydroxylation sites is 1. The Bertz CT molecular complexity index is 412. The van der Waals surface area contributed by atoms with Crippen LogP contribution in [-0.2, 0) is 14.3 Å². The minimum absolute atomic E-state index is 0.259. The standard InChI is InChI=1S/C12H13NO3/c1-9-11(16-8-7-15-9)12(14)13-10-5-3-2-4-6-10/h2-6H,7-8H2,1H3,(H,13,14). The Morgan fingerprint density at radius 2 is 1.88 bits per heavy atom. The molecule has 0 fully saturated rings. The summed E-state index contributed by atoms with van der Waals surface area (Å²) in [5.74, 6) is 0.512. The number of anilines is 1. The maximum atomic E-state index is 11.8. The van der Waals surface area contributed by atoms with Gasteiger partial charge >= 0.3 is 0 Å². The zero-order valence-electron chi connectivity index (χ0n) is 9.03. The van der Waals surface area contributed by atoms with Gasteiger partial charge in [-0.15, -0.1) is 0 Å². The molecule has 4 heteroatoms. The number of amides is 1. The molecule has 0 unspecified atom stereocenters. The van der Waals surface area contributed by atoms with Crippen molar-refractivity contribution in [2.75, 3.05) is 18.5 Å². The van der Waals surface area contributed by atoms with E-state index in [1.165, 1.54) is 0 Å². The van der Waals surface area contributed by atoms with Crippen LogP contribution in [0.4, 0.5) is 5.69 Å². The molecule has 0 spiro atoms. The lowest BCUT2D eigenvalue weighted by atomic mass is 10.3. The van der Waals surface area contributed by atoms with Crippen molar-refractivity contribution in [2.24, 2.45) is 0 Å². The van der Waals surface area contributed by atoms with Crippen molar-refractivity contribution in [3.05, 3.63) is 41.9 Å². The highest BCUT2D eigenvalue weighted by Crippen LogP contribution is 2.15. The molecule has 1 aliphatic heterocycles. The molecular weight excluding hydrogens is 206 g/mol. The summed E-state index contributed by atoms with van der Waals surface area (Å²) in [4.78, 5) is 11.8. The van der Waals surface area contributed by atoms with E-state index < -0.39 is 0 Å². The first-order valence-corrected chi connectivity index (χ1v) is 5.10. The topological polar surface area (TPSA) is 47.6 Å². The van der Waals surface area contributed by atoms with E-state index in [2.05, 4.69) is 5.32 Å². The Hall–Kier alpha value is -1.97. The van der Waals surface area contributed by atoms with Crippen LogP contribution in [0.2, 0.25) is 0 Å². The van der Waals surface area contributed by atoms with Crippen LogP contribution >= 0.6 is 0 Å². The highest BCUT2D eigenvalue weighted by Gasteiger charge is 2.19. The first-order valence-electron chi connectivity index (χ1n) is 5.10. The highest BCUT2D eigenvalue weighted by molar-refractivity contribution is 6.02. The summed E-state index contributed by atoms with van der Waals surface area (Å²) in [6, 6.07) is 9.24. The third-order valence-corrected chi connectivity index (χ3v) is 2.21. The lowest BCUT2D eigenvalue weighted by Crippen LogP contribution is -2.23. The van der Waals surface area contributed by atoms with Crippen molar-refractivity contribution in [2.45, 2.75) is 6.92 Å². The van der Waals surface area contributed by atoms with Gasteiger partial charge in [-0.25, -0.2) is 0 Å². The van der Waals surface area contributed by atoms with Crippen LogP contribution in [0.25, 0.3) is 0 Å². The second kappa shape index (κ2) is 4.70. The summed E-state index contributed by atoms with van der Waals surface area (Å²) in [6.45, 7) is 2.63. The minimum Gasteiger partial charge on any atom is -0.491 e. The SMILES string of the molecule is CC1=C(C(=O)Nc2ccccc2)OCCO1. The lowest BCUT2D eigenvalue weighted by molar-refractivity contribution is -0.117. The van der Waals surface area contributed by atoms with Crippen molar-refractivity contribution in [1.82, 2.24) is 0 Å². The average Bonchev–Trinajstić information content (AvgIpc) is 2.31. The van der Waals surface area contributed by atoms with Gasteiger partial charge in [-0.2, -0.15) is 0 Å². The van der Waals surface area contributed by atoms with E-state index in [1.54, 1.807) is 6.92 Å². The van der Waals surface area contributed by atoms with Gasteiger partial charge in [-0.1, -0.05) is 18.2 Å². The molecule has 0 saturated heterocycles. The molecule has 4 nitrogen and oxygen atoms in total. The first-order chi connectivity index (χ1) is 7.77. The van der Waals surface area contributed by atoms with Crippen LogP contribution in [0, 0.1) is 0 Å². The van der Waals surface area contributed by atoms with Crippen LogP contribution in [0.1, 0.15) is 6.92 Å². The molecule has 2 rings (SSSR count). The van der Waals surface area contributed by atoms with Gasteiger partial charge in [0.25, 0.3) is 5.91 Å². The van der Waals surface area contributed by atoms with Crippen molar-refractivity contribution in [3.8, 4) is 0 Å². The molecule has 1 amide bonds. The van der Waals surface area contributed by atoms with Gasteiger partial charge in [0.1, 0.15) is 19.0 Å². The molecular formula is C12H13NO3. The van der Waals surface area contributed by atoms with Gasteiger partial charge in [0.05, 0.1) is 0 Å². The minimum atomic E-state index is -0.275. The van der Waals surface area contributed by atoms with E-state index >= 15 is 0 Å². The summed E-state index contributed by atoms with van der Waals surface area (Å²) < 4.78 is 10.5. The predicted molar refractivity (Wildman–Crippen MR) is 59.7 cm³/mol. The maximum Gasteiger partial charge on any atom is 0.294 e. The largest absolute Gasteiger partial charge is 0.491 e. The van der Waals surface area contributed by atoms with E-state index in [1.807, 2.05) is 30.3 Å². The summed E-state index contributed by atoms with van der Waals surface area (Å²) in [5.41, 5.74) is 0.738. The molecule has 1 aliphatic rings. The van der Waals surface area contributed by atoms with Crippen LogP contribution < -0.4 is 5.32 Å². The zero-order chi connectivity index (χ0) is 11.4. The number of allylic oxidation sites excluding steroid dienone is 1. The molecule has 0 radical (unpaired) electrons. The zero-order valence-corrected chi connectivity index (χ0v) is 9.03. The van der Waals surface area contributed by atoms with Crippen LogP contribution in [0.15, 0.2) is 41.9 Å². The van der Waals surface area contributed by atoms with Gasteiger partial charge < -0.3 is 14.8 Å². The quantitative estimate of drug-likeness (QED) is 0.826. The van der Waals surface area contributed by atoms with Gasteiger partial charge in [0.2, 0.25) is 5.76 Å². The molecule has 1 aromatic rings.